The molecule has 0 spiro atoms. The number of aryl methyl sites for hydroxylation is 2. The standard InChI is InChI=1S/C46H55N11O9/c1-9-24-19(2)27-17-32-35(23(6)58)21(4)29(51-32)15-28-20(3)25(39(52-28)37-38(44(64)66-8)41(60)36-22(5)30(53-40(36)37)16-31(24)50-27)12-13-34(59)49-14-10-11-26(43(62)63)54-42(61)33-18-57(45(47)55-33)46(65)56(7)48/h15-20,24-26,38,51,53H,9-14,48H2,1-8H3,(H2,47,55)(H,49,59)(H,54,61)(H,62,63)/t19-,20+,24?,25?,26?,38?/m0/s1. The summed E-state index contributed by atoms with van der Waals surface area (Å²) in [5.74, 6) is -0.665. The number of anilines is 1. The Morgan fingerprint density at radius 3 is 2.26 bits per heavy atom. The Balaban J connectivity index is 1.20. The van der Waals surface area contributed by atoms with Gasteiger partial charge in [0.15, 0.2) is 11.6 Å². The maximum atomic E-state index is 14.4. The van der Waals surface area contributed by atoms with Gasteiger partial charge in [-0.05, 0) is 75.8 Å². The number of hydrogen-bond acceptors (Lipinski definition) is 13. The number of esters is 1. The molecule has 348 valence electrons. The molecule has 6 heterocycles. The van der Waals surface area contributed by atoms with Gasteiger partial charge >= 0.3 is 18.0 Å². The SMILES string of the molecule is CCC1c2cc3[nH]c4c(c3C)C(=O)C(C(=O)OC)c4c3nc(cc4[nH]c(cc(n2)[C@H]1C)c(C(C)=O)c4C)[C@H](C)C3CCC(=O)NCCCC(NC(=O)c1cn(C(=O)N(C)N)c(N)n1)C(=O)O. The molecular weight excluding hydrogens is 851 g/mol. The lowest BCUT2D eigenvalue weighted by molar-refractivity contribution is -0.141. The van der Waals surface area contributed by atoms with Crippen molar-refractivity contribution in [2.45, 2.75) is 109 Å². The van der Waals surface area contributed by atoms with Crippen molar-refractivity contribution in [2.24, 2.45) is 5.84 Å². The number of imidazole rings is 1. The number of nitrogen functional groups attached to an aromatic ring is 1. The molecule has 1 aliphatic carbocycles. The second-order valence-corrected chi connectivity index (χ2v) is 17.3. The monoisotopic (exact) mass is 905 g/mol. The number of carbonyl (C=O) groups excluding carboxylic acids is 6. The summed E-state index contributed by atoms with van der Waals surface area (Å²) in [6.45, 7) is 11.5. The molecule has 0 radical (unpaired) electrons. The predicted molar refractivity (Wildman–Crippen MR) is 242 cm³/mol. The van der Waals surface area contributed by atoms with Crippen LogP contribution in [0.4, 0.5) is 10.7 Å². The van der Waals surface area contributed by atoms with Gasteiger partial charge in [0.25, 0.3) is 5.91 Å². The number of rotatable bonds is 13. The fourth-order valence-electron chi connectivity index (χ4n) is 9.56. The van der Waals surface area contributed by atoms with Crippen LogP contribution in [0.5, 0.6) is 0 Å². The van der Waals surface area contributed by atoms with E-state index in [1.165, 1.54) is 21.1 Å². The van der Waals surface area contributed by atoms with Gasteiger partial charge in [0.2, 0.25) is 11.9 Å². The molecule has 6 atom stereocenters. The highest BCUT2D eigenvalue weighted by Gasteiger charge is 2.45. The molecule has 7 rings (SSSR count). The fourth-order valence-corrected chi connectivity index (χ4v) is 9.56. The number of aromatic nitrogens is 6. The number of carboxylic acid groups (broad SMARTS) is 1. The molecule has 3 amide bonds. The van der Waals surface area contributed by atoms with Gasteiger partial charge in [-0.3, -0.25) is 38.9 Å². The first-order valence-corrected chi connectivity index (χ1v) is 21.9. The number of methoxy groups -OCH3 is 1. The summed E-state index contributed by atoms with van der Waals surface area (Å²) in [4.78, 5) is 113. The number of nitrogens with zero attached hydrogens (tertiary/aromatic N) is 5. The summed E-state index contributed by atoms with van der Waals surface area (Å²) in [5, 5.41) is 15.8. The Labute approximate surface area is 379 Å². The molecule has 2 aliphatic heterocycles. The summed E-state index contributed by atoms with van der Waals surface area (Å²) >= 11 is 0. The number of nitrogens with one attached hydrogen (secondary N) is 4. The summed E-state index contributed by atoms with van der Waals surface area (Å²) in [6.07, 6.45) is 2.21. The Morgan fingerprint density at radius 2 is 1.61 bits per heavy atom. The van der Waals surface area contributed by atoms with Gasteiger partial charge in [0.1, 0.15) is 17.7 Å². The van der Waals surface area contributed by atoms with E-state index >= 15 is 0 Å². The highest BCUT2D eigenvalue weighted by molar-refractivity contribution is 6.23. The number of H-pyrrole nitrogens is 2. The van der Waals surface area contributed by atoms with E-state index in [0.717, 1.165) is 39.1 Å². The van der Waals surface area contributed by atoms with Crippen molar-refractivity contribution < 1.29 is 43.4 Å². The van der Waals surface area contributed by atoms with Crippen LogP contribution in [0.1, 0.15) is 160 Å². The number of hydrazine groups is 1. The van der Waals surface area contributed by atoms with E-state index in [1.807, 2.05) is 39.0 Å². The van der Waals surface area contributed by atoms with E-state index in [4.69, 9.17) is 26.3 Å². The third kappa shape index (κ3) is 8.43. The number of carboxylic acids is 1. The zero-order chi connectivity index (χ0) is 48.0. The van der Waals surface area contributed by atoms with Crippen LogP contribution in [0, 0.1) is 13.8 Å². The molecule has 4 aromatic rings. The van der Waals surface area contributed by atoms with E-state index in [2.05, 4.69) is 39.4 Å². The lowest BCUT2D eigenvalue weighted by Crippen LogP contribution is -2.41. The number of ether oxygens (including phenoxy) is 1. The molecule has 4 aromatic heterocycles. The molecule has 0 saturated carbocycles. The molecule has 3 aliphatic rings. The number of hydrogen-bond donors (Lipinski definition) is 7. The first kappa shape index (κ1) is 46.8. The summed E-state index contributed by atoms with van der Waals surface area (Å²) in [6, 6.07) is 3.65. The minimum Gasteiger partial charge on any atom is -0.480 e. The van der Waals surface area contributed by atoms with E-state index in [1.54, 1.807) is 0 Å². The molecule has 9 N–H and O–H groups in total. The van der Waals surface area contributed by atoms with E-state index in [-0.39, 0.29) is 73.3 Å². The first-order chi connectivity index (χ1) is 31.3. The number of aromatic amines is 2. The molecule has 8 bridgehead atoms. The van der Waals surface area contributed by atoms with Crippen LogP contribution < -0.4 is 22.2 Å². The highest BCUT2D eigenvalue weighted by atomic mass is 16.5. The fraction of sp³-hybridized carbons (Fsp3) is 0.435. The molecule has 0 aromatic carbocycles. The number of Topliss-reactive ketones (excluding diaryl/α,β-unsaturated/α-hetero) is 2. The Morgan fingerprint density at radius 1 is 0.955 bits per heavy atom. The Kier molecular flexibility index (Phi) is 13.0. The minimum atomic E-state index is -1.36. The van der Waals surface area contributed by atoms with Crippen molar-refractivity contribution in [1.82, 2.24) is 45.1 Å². The normalized spacial score (nSPS) is 19.0. The first-order valence-electron chi connectivity index (χ1n) is 21.9. The molecule has 4 unspecified atom stereocenters. The van der Waals surface area contributed by atoms with Crippen LogP contribution in [-0.2, 0) is 19.1 Å². The summed E-state index contributed by atoms with van der Waals surface area (Å²) in [7, 11) is 2.51. The molecule has 0 fully saturated rings. The quantitative estimate of drug-likeness (QED) is 0.0179. The lowest BCUT2D eigenvalue weighted by atomic mass is 9.84. The Bertz CT molecular complexity index is 2870. The van der Waals surface area contributed by atoms with Gasteiger partial charge in [-0.15, -0.1) is 0 Å². The second kappa shape index (κ2) is 18.3. The summed E-state index contributed by atoms with van der Waals surface area (Å²) < 4.78 is 6.07. The van der Waals surface area contributed by atoms with Gasteiger partial charge in [0.05, 0.1) is 23.8 Å². The molecule has 0 saturated heterocycles. The van der Waals surface area contributed by atoms with E-state index in [0.29, 0.717) is 55.7 Å². The number of fused-ring (bicyclic) bond motifs is 8. The van der Waals surface area contributed by atoms with Gasteiger partial charge in [-0.1, -0.05) is 20.8 Å². The van der Waals surface area contributed by atoms with Crippen LogP contribution in [0.15, 0.2) is 24.4 Å². The van der Waals surface area contributed by atoms with Crippen LogP contribution in [0.3, 0.4) is 0 Å². The maximum absolute atomic E-state index is 14.4. The van der Waals surface area contributed by atoms with Crippen LogP contribution in [0.25, 0.3) is 22.1 Å². The summed E-state index contributed by atoms with van der Waals surface area (Å²) in [5.41, 5.74) is 13.3. The zero-order valence-corrected chi connectivity index (χ0v) is 38.1. The number of aliphatic carboxylic acids is 1. The predicted octanol–water partition coefficient (Wildman–Crippen LogP) is 4.88. The third-order valence-electron chi connectivity index (χ3n) is 13.2. The molecule has 20 heteroatoms. The minimum absolute atomic E-state index is 0.00506. The van der Waals surface area contributed by atoms with Crippen molar-refractivity contribution >= 4 is 69.4 Å². The number of ketones is 2. The number of nitrogens with two attached hydrogens (primary N) is 2. The number of carbonyl (C=O) groups is 7. The van der Waals surface area contributed by atoms with Crippen LogP contribution >= 0.6 is 0 Å². The van der Waals surface area contributed by atoms with Crippen molar-refractivity contribution in [3.05, 3.63) is 80.7 Å². The largest absolute Gasteiger partial charge is 0.480 e. The van der Waals surface area contributed by atoms with Crippen LogP contribution in [-0.4, -0.2) is 108 Å². The zero-order valence-electron chi connectivity index (χ0n) is 38.1. The third-order valence-corrected chi connectivity index (χ3v) is 13.2. The second-order valence-electron chi connectivity index (χ2n) is 17.3. The molecule has 66 heavy (non-hydrogen) atoms. The van der Waals surface area contributed by atoms with Crippen molar-refractivity contribution in [3.8, 4) is 0 Å². The van der Waals surface area contributed by atoms with Gasteiger partial charge in [0, 0.05) is 94.7 Å². The number of amides is 3. The van der Waals surface area contributed by atoms with Gasteiger partial charge in [-0.25, -0.2) is 25.0 Å². The van der Waals surface area contributed by atoms with Crippen molar-refractivity contribution in [2.75, 3.05) is 26.4 Å². The highest BCUT2D eigenvalue weighted by Crippen LogP contribution is 2.48. The average Bonchev–Trinajstić information content (AvgIpc) is 4.09. The smallest absolute Gasteiger partial charge is 0.344 e. The molecule has 20 nitrogen and oxygen atoms in total. The van der Waals surface area contributed by atoms with Gasteiger partial charge < -0.3 is 36.2 Å². The van der Waals surface area contributed by atoms with Crippen molar-refractivity contribution in [3.63, 3.8) is 0 Å². The van der Waals surface area contributed by atoms with Gasteiger partial charge in [-0.2, -0.15) is 0 Å². The average molecular weight is 906 g/mol. The van der Waals surface area contributed by atoms with E-state index < -0.39 is 47.5 Å². The Hall–Kier alpha value is -7.22. The van der Waals surface area contributed by atoms with Crippen LogP contribution in [0.2, 0.25) is 0 Å². The maximum Gasteiger partial charge on any atom is 0.344 e. The van der Waals surface area contributed by atoms with Crippen molar-refractivity contribution in [1.29, 1.82) is 0 Å². The lowest BCUT2D eigenvalue weighted by Gasteiger charge is -2.19. The topological polar surface area (TPSA) is 303 Å². The van der Waals surface area contributed by atoms with E-state index in [9.17, 15) is 38.7 Å². The molecular formula is C46H55N11O9.